The van der Waals surface area contributed by atoms with Crippen LogP contribution in [-0.4, -0.2) is 41.9 Å². The Kier molecular flexibility index (Phi) is 7.28. The molecular weight excluding hydrogens is 396 g/mol. The van der Waals surface area contributed by atoms with Crippen molar-refractivity contribution >= 4 is 17.6 Å². The maximum atomic E-state index is 12.9. The maximum absolute atomic E-state index is 12.9. The van der Waals surface area contributed by atoms with Crippen LogP contribution < -0.4 is 9.47 Å². The van der Waals surface area contributed by atoms with Gasteiger partial charge < -0.3 is 14.6 Å². The molecule has 31 heavy (non-hydrogen) atoms. The van der Waals surface area contributed by atoms with Crippen molar-refractivity contribution in [2.75, 3.05) is 14.2 Å². The summed E-state index contributed by atoms with van der Waals surface area (Å²) in [6, 6.07) is 13.5. The van der Waals surface area contributed by atoms with E-state index in [0.29, 0.717) is 17.9 Å². The molecule has 164 valence electrons. The molecule has 1 aliphatic heterocycles. The Morgan fingerprint density at radius 2 is 1.84 bits per heavy atom. The third-order valence-electron chi connectivity index (χ3n) is 5.44. The second kappa shape index (κ2) is 10.1. The highest BCUT2D eigenvalue weighted by molar-refractivity contribution is 6.05. The number of methoxy groups -OCH3 is 2. The van der Waals surface area contributed by atoms with Crippen molar-refractivity contribution < 1.29 is 24.2 Å². The molecular formula is C24H28N2O5. The average molecular weight is 424 g/mol. The zero-order chi connectivity index (χ0) is 22.4. The summed E-state index contributed by atoms with van der Waals surface area (Å²) in [6.07, 6.45) is 1.85. The SMILES string of the molecule is CCc1ccc([C@H]2CC(c3ccc(OC)cc3OC)=NN2C(=O)CCCC(=O)O)cc1. The van der Waals surface area contributed by atoms with E-state index in [-0.39, 0.29) is 31.2 Å². The molecule has 2 aromatic rings. The molecule has 0 unspecified atom stereocenters. The van der Waals surface area contributed by atoms with Gasteiger partial charge in [0.1, 0.15) is 11.5 Å². The number of aryl methyl sites for hydroxylation is 1. The number of hydrazone groups is 1. The number of rotatable bonds is 9. The number of aliphatic carboxylic acids is 1. The molecule has 0 aromatic heterocycles. The zero-order valence-electron chi connectivity index (χ0n) is 18.1. The third-order valence-corrected chi connectivity index (χ3v) is 5.44. The van der Waals surface area contributed by atoms with E-state index in [4.69, 9.17) is 14.6 Å². The van der Waals surface area contributed by atoms with E-state index in [1.165, 1.54) is 10.6 Å². The standard InChI is InChI=1S/C24H28N2O5/c1-4-16-8-10-17(11-9-16)21-15-20(19-13-12-18(30-2)14-22(19)31-3)25-26(21)23(27)6-5-7-24(28)29/h8-14,21H,4-7,15H2,1-3H3,(H,28,29)/t21-/m1/s1. The molecule has 1 N–H and O–H groups in total. The molecule has 1 amide bonds. The van der Waals surface area contributed by atoms with Crippen molar-refractivity contribution in [1.29, 1.82) is 0 Å². The Morgan fingerprint density at radius 3 is 2.45 bits per heavy atom. The average Bonchev–Trinajstić information content (AvgIpc) is 3.23. The minimum absolute atomic E-state index is 0.0433. The van der Waals surface area contributed by atoms with Gasteiger partial charge >= 0.3 is 5.97 Å². The van der Waals surface area contributed by atoms with Crippen LogP contribution in [0.2, 0.25) is 0 Å². The van der Waals surface area contributed by atoms with Gasteiger partial charge in [-0.15, -0.1) is 0 Å². The van der Waals surface area contributed by atoms with Crippen LogP contribution in [0.1, 0.15) is 55.3 Å². The minimum Gasteiger partial charge on any atom is -0.497 e. The third kappa shape index (κ3) is 5.23. The number of carboxylic acids is 1. The number of amides is 1. The highest BCUT2D eigenvalue weighted by atomic mass is 16.5. The topological polar surface area (TPSA) is 88.4 Å². The van der Waals surface area contributed by atoms with Crippen molar-refractivity contribution in [2.45, 2.75) is 45.1 Å². The number of carboxylic acid groups (broad SMARTS) is 1. The number of hydrogen-bond acceptors (Lipinski definition) is 5. The summed E-state index contributed by atoms with van der Waals surface area (Å²) in [4.78, 5) is 23.8. The Morgan fingerprint density at radius 1 is 1.10 bits per heavy atom. The first-order valence-electron chi connectivity index (χ1n) is 10.4. The van der Waals surface area contributed by atoms with Gasteiger partial charge in [-0.3, -0.25) is 9.59 Å². The molecule has 3 rings (SSSR count). The molecule has 0 aliphatic carbocycles. The molecule has 2 aromatic carbocycles. The molecule has 1 heterocycles. The summed E-state index contributed by atoms with van der Waals surface area (Å²) in [5.41, 5.74) is 3.77. The summed E-state index contributed by atoms with van der Waals surface area (Å²) in [5, 5.41) is 15.0. The van der Waals surface area contributed by atoms with Gasteiger partial charge in [0, 0.05) is 30.9 Å². The molecule has 0 saturated carbocycles. The molecule has 0 spiro atoms. The van der Waals surface area contributed by atoms with Crippen molar-refractivity contribution in [1.82, 2.24) is 5.01 Å². The first-order chi connectivity index (χ1) is 15.0. The molecule has 7 nitrogen and oxygen atoms in total. The van der Waals surface area contributed by atoms with Crippen LogP contribution in [0, 0.1) is 0 Å². The van der Waals surface area contributed by atoms with Crippen LogP contribution in [0.5, 0.6) is 11.5 Å². The largest absolute Gasteiger partial charge is 0.497 e. The number of carbonyl (C=O) groups excluding carboxylic acids is 1. The monoisotopic (exact) mass is 424 g/mol. The lowest BCUT2D eigenvalue weighted by molar-refractivity contribution is -0.137. The lowest BCUT2D eigenvalue weighted by Gasteiger charge is -2.22. The Labute approximate surface area is 182 Å². The maximum Gasteiger partial charge on any atom is 0.303 e. The Bertz CT molecular complexity index is 968. The van der Waals surface area contributed by atoms with Gasteiger partial charge in [-0.05, 0) is 36.1 Å². The van der Waals surface area contributed by atoms with Gasteiger partial charge in [0.25, 0.3) is 0 Å². The molecule has 1 aliphatic rings. The van der Waals surface area contributed by atoms with Crippen LogP contribution in [-0.2, 0) is 16.0 Å². The highest BCUT2D eigenvalue weighted by Gasteiger charge is 2.33. The summed E-state index contributed by atoms with van der Waals surface area (Å²) >= 11 is 0. The highest BCUT2D eigenvalue weighted by Crippen LogP contribution is 2.36. The van der Waals surface area contributed by atoms with E-state index >= 15 is 0 Å². The van der Waals surface area contributed by atoms with Gasteiger partial charge in [-0.2, -0.15) is 5.10 Å². The molecule has 7 heteroatoms. The zero-order valence-corrected chi connectivity index (χ0v) is 18.1. The molecule has 1 atom stereocenters. The minimum atomic E-state index is -0.909. The molecule has 0 bridgehead atoms. The Balaban J connectivity index is 1.92. The fourth-order valence-electron chi connectivity index (χ4n) is 3.68. The predicted molar refractivity (Wildman–Crippen MR) is 118 cm³/mol. The fraction of sp³-hybridized carbons (Fsp3) is 0.375. The number of carbonyl (C=O) groups is 2. The lowest BCUT2D eigenvalue weighted by atomic mass is 9.96. The van der Waals surface area contributed by atoms with Crippen LogP contribution >= 0.6 is 0 Å². The van der Waals surface area contributed by atoms with Crippen LogP contribution in [0.25, 0.3) is 0 Å². The van der Waals surface area contributed by atoms with Crippen LogP contribution in [0.4, 0.5) is 0 Å². The van der Waals surface area contributed by atoms with Crippen LogP contribution in [0.3, 0.4) is 0 Å². The Hall–Kier alpha value is -3.35. The van der Waals surface area contributed by atoms with E-state index in [1.807, 2.05) is 24.3 Å². The van der Waals surface area contributed by atoms with Crippen molar-refractivity contribution in [3.63, 3.8) is 0 Å². The van der Waals surface area contributed by atoms with Crippen LogP contribution in [0.15, 0.2) is 47.6 Å². The van der Waals surface area contributed by atoms with Crippen molar-refractivity contribution in [3.05, 3.63) is 59.2 Å². The second-order valence-electron chi connectivity index (χ2n) is 7.41. The predicted octanol–water partition coefficient (Wildman–Crippen LogP) is 4.20. The number of benzene rings is 2. The van der Waals surface area contributed by atoms with E-state index in [9.17, 15) is 9.59 Å². The van der Waals surface area contributed by atoms with Gasteiger partial charge in [0.2, 0.25) is 5.91 Å². The van der Waals surface area contributed by atoms with Gasteiger partial charge in [-0.25, -0.2) is 5.01 Å². The van der Waals surface area contributed by atoms with Gasteiger partial charge in [0.05, 0.1) is 26.0 Å². The van der Waals surface area contributed by atoms with E-state index < -0.39 is 5.97 Å². The second-order valence-corrected chi connectivity index (χ2v) is 7.41. The quantitative estimate of drug-likeness (QED) is 0.652. The van der Waals surface area contributed by atoms with Crippen molar-refractivity contribution in [2.24, 2.45) is 5.10 Å². The first kappa shape index (κ1) is 22.3. The molecule has 0 fully saturated rings. The lowest BCUT2D eigenvalue weighted by Crippen LogP contribution is -2.27. The normalized spacial score (nSPS) is 15.5. The number of nitrogens with zero attached hydrogens (tertiary/aromatic N) is 2. The number of ether oxygens (including phenoxy) is 2. The summed E-state index contributed by atoms with van der Waals surface area (Å²) < 4.78 is 10.8. The van der Waals surface area contributed by atoms with Gasteiger partial charge in [0.15, 0.2) is 0 Å². The summed E-state index contributed by atoms with van der Waals surface area (Å²) in [5.74, 6) is 0.201. The van der Waals surface area contributed by atoms with E-state index in [1.54, 1.807) is 20.3 Å². The van der Waals surface area contributed by atoms with E-state index in [0.717, 1.165) is 23.3 Å². The van der Waals surface area contributed by atoms with Gasteiger partial charge in [-0.1, -0.05) is 31.2 Å². The number of hydrogen-bond donors (Lipinski definition) is 1. The summed E-state index contributed by atoms with van der Waals surface area (Å²) in [6.45, 7) is 2.10. The smallest absolute Gasteiger partial charge is 0.303 e. The van der Waals surface area contributed by atoms with Crippen molar-refractivity contribution in [3.8, 4) is 11.5 Å². The molecule has 0 radical (unpaired) electrons. The fourth-order valence-corrected chi connectivity index (χ4v) is 3.68. The summed E-state index contributed by atoms with van der Waals surface area (Å²) in [7, 11) is 3.18. The van der Waals surface area contributed by atoms with E-state index in [2.05, 4.69) is 24.2 Å². The first-order valence-corrected chi connectivity index (χ1v) is 10.4. The molecule has 0 saturated heterocycles.